The first-order valence-corrected chi connectivity index (χ1v) is 9.88. The van der Waals surface area contributed by atoms with E-state index < -0.39 is 44.3 Å². The van der Waals surface area contributed by atoms with Gasteiger partial charge in [-0.05, 0) is 51.8 Å². The van der Waals surface area contributed by atoms with Crippen LogP contribution in [0.25, 0.3) is 0 Å². The number of carbonyl (C=O) groups excluding carboxylic acids is 1. The fourth-order valence-corrected chi connectivity index (χ4v) is 4.58. The van der Waals surface area contributed by atoms with Crippen molar-refractivity contribution < 1.29 is 26.7 Å². The number of ether oxygens (including phenoxy) is 1. The highest BCUT2D eigenvalue weighted by Crippen LogP contribution is 2.27. The Balaban J connectivity index is 2.17. The summed E-state index contributed by atoms with van der Waals surface area (Å²) in [5.74, 6) is -1.83. The van der Waals surface area contributed by atoms with Crippen molar-refractivity contribution in [1.82, 2.24) is 9.62 Å². The molecule has 0 saturated carbocycles. The van der Waals surface area contributed by atoms with Gasteiger partial charge in [0.1, 0.15) is 22.1 Å². The molecule has 0 aromatic heterocycles. The van der Waals surface area contributed by atoms with E-state index in [1.165, 1.54) is 0 Å². The average Bonchev–Trinajstić information content (AvgIpc) is 2.53. The Morgan fingerprint density at radius 1 is 1.31 bits per heavy atom. The number of hydrogen-bond acceptors (Lipinski definition) is 4. The van der Waals surface area contributed by atoms with Crippen LogP contribution in [0.3, 0.4) is 0 Å². The molecule has 0 spiro atoms. The third-order valence-corrected chi connectivity index (χ3v) is 5.90. The van der Waals surface area contributed by atoms with Gasteiger partial charge in [0, 0.05) is 19.1 Å². The molecule has 0 radical (unpaired) electrons. The van der Waals surface area contributed by atoms with Crippen LogP contribution < -0.4 is 5.32 Å². The number of hydrogen-bond donors (Lipinski definition) is 1. The topological polar surface area (TPSA) is 75.7 Å². The molecule has 2 rings (SSSR count). The van der Waals surface area contributed by atoms with Crippen molar-refractivity contribution in [2.75, 3.05) is 13.1 Å². The first-order valence-electron chi connectivity index (χ1n) is 8.44. The minimum Gasteiger partial charge on any atom is -0.444 e. The summed E-state index contributed by atoms with van der Waals surface area (Å²) in [6.45, 7) is 5.37. The van der Waals surface area contributed by atoms with E-state index in [0.717, 1.165) is 22.9 Å². The first kappa shape index (κ1) is 20.6. The lowest BCUT2D eigenvalue weighted by molar-refractivity contribution is 0.0512. The van der Waals surface area contributed by atoms with Gasteiger partial charge in [0.05, 0.1) is 0 Å². The van der Waals surface area contributed by atoms with Crippen molar-refractivity contribution in [2.24, 2.45) is 0 Å². The smallest absolute Gasteiger partial charge is 0.407 e. The standard InChI is InChI=1S/C17H24F2N2O4S/c1-17(2,3)25-16(22)20-11-13-6-4-5-9-21(13)26(23,24)15-10-12(18)7-8-14(15)19/h7-8,10,13H,4-6,9,11H2,1-3H3,(H,20,22). The highest BCUT2D eigenvalue weighted by molar-refractivity contribution is 7.89. The largest absolute Gasteiger partial charge is 0.444 e. The quantitative estimate of drug-likeness (QED) is 0.857. The summed E-state index contributed by atoms with van der Waals surface area (Å²) >= 11 is 0. The third-order valence-electron chi connectivity index (χ3n) is 3.93. The maximum absolute atomic E-state index is 14.0. The number of benzene rings is 1. The van der Waals surface area contributed by atoms with Crippen molar-refractivity contribution in [3.63, 3.8) is 0 Å². The summed E-state index contributed by atoms with van der Waals surface area (Å²) in [7, 11) is -4.22. The number of nitrogens with one attached hydrogen (secondary N) is 1. The lowest BCUT2D eigenvalue weighted by atomic mass is 10.1. The van der Waals surface area contributed by atoms with Gasteiger partial charge in [-0.2, -0.15) is 4.31 Å². The van der Waals surface area contributed by atoms with Crippen molar-refractivity contribution in [3.8, 4) is 0 Å². The van der Waals surface area contributed by atoms with Gasteiger partial charge in [0.2, 0.25) is 10.0 Å². The van der Waals surface area contributed by atoms with Gasteiger partial charge in [-0.1, -0.05) is 6.42 Å². The van der Waals surface area contributed by atoms with Crippen molar-refractivity contribution in [2.45, 2.75) is 56.6 Å². The number of nitrogens with zero attached hydrogens (tertiary/aromatic N) is 1. The van der Waals surface area contributed by atoms with Gasteiger partial charge in [0.25, 0.3) is 0 Å². The molecule has 6 nitrogen and oxygen atoms in total. The van der Waals surface area contributed by atoms with Crippen molar-refractivity contribution in [1.29, 1.82) is 0 Å². The van der Waals surface area contributed by atoms with Crippen LogP contribution in [0.4, 0.5) is 13.6 Å². The lowest BCUT2D eigenvalue weighted by Gasteiger charge is -2.35. The lowest BCUT2D eigenvalue weighted by Crippen LogP contribution is -2.50. The van der Waals surface area contributed by atoms with Crippen LogP contribution in [0, 0.1) is 11.6 Å². The highest BCUT2D eigenvalue weighted by atomic mass is 32.2. The fraction of sp³-hybridized carbons (Fsp3) is 0.588. The molecule has 9 heteroatoms. The number of amides is 1. The summed E-state index contributed by atoms with van der Waals surface area (Å²) in [5.41, 5.74) is -0.674. The molecule has 1 aromatic carbocycles. The Labute approximate surface area is 152 Å². The molecule has 1 N–H and O–H groups in total. The number of halogens is 2. The molecule has 1 amide bonds. The molecule has 1 atom stereocenters. The molecular formula is C17H24F2N2O4S. The van der Waals surface area contributed by atoms with E-state index in [4.69, 9.17) is 4.74 Å². The van der Waals surface area contributed by atoms with E-state index in [1.54, 1.807) is 20.8 Å². The van der Waals surface area contributed by atoms with E-state index in [2.05, 4.69) is 5.32 Å². The maximum Gasteiger partial charge on any atom is 0.407 e. The van der Waals surface area contributed by atoms with E-state index in [1.807, 2.05) is 0 Å². The molecule has 1 saturated heterocycles. The Bertz CT molecular complexity index is 763. The average molecular weight is 390 g/mol. The first-order chi connectivity index (χ1) is 12.0. The van der Waals surface area contributed by atoms with Gasteiger partial charge in [0.15, 0.2) is 0 Å². The second-order valence-corrected chi connectivity index (χ2v) is 9.08. The van der Waals surface area contributed by atoms with Gasteiger partial charge in [-0.25, -0.2) is 22.0 Å². The monoisotopic (exact) mass is 390 g/mol. The molecule has 1 aliphatic heterocycles. The van der Waals surface area contributed by atoms with Gasteiger partial charge >= 0.3 is 6.09 Å². The molecule has 1 aliphatic rings. The Morgan fingerprint density at radius 3 is 2.65 bits per heavy atom. The van der Waals surface area contributed by atoms with E-state index in [0.29, 0.717) is 18.9 Å². The summed E-state index contributed by atoms with van der Waals surface area (Å²) in [5, 5.41) is 2.55. The van der Waals surface area contributed by atoms with E-state index in [-0.39, 0.29) is 13.1 Å². The van der Waals surface area contributed by atoms with Gasteiger partial charge < -0.3 is 10.1 Å². The zero-order chi connectivity index (χ0) is 19.5. The zero-order valence-electron chi connectivity index (χ0n) is 15.1. The Morgan fingerprint density at radius 2 is 2.00 bits per heavy atom. The van der Waals surface area contributed by atoms with Crippen LogP contribution >= 0.6 is 0 Å². The second kappa shape index (κ2) is 7.87. The second-order valence-electron chi connectivity index (χ2n) is 7.22. The molecular weight excluding hydrogens is 366 g/mol. The molecule has 26 heavy (non-hydrogen) atoms. The van der Waals surface area contributed by atoms with Crippen LogP contribution in [0.5, 0.6) is 0 Å². The third kappa shape index (κ3) is 5.14. The summed E-state index contributed by atoms with van der Waals surface area (Å²) in [6.07, 6.45) is 1.24. The molecule has 146 valence electrons. The van der Waals surface area contributed by atoms with E-state index >= 15 is 0 Å². The molecule has 1 aromatic rings. The van der Waals surface area contributed by atoms with Gasteiger partial charge in [-0.15, -0.1) is 0 Å². The normalized spacial score (nSPS) is 19.2. The summed E-state index contributed by atoms with van der Waals surface area (Å²) < 4.78 is 59.3. The van der Waals surface area contributed by atoms with E-state index in [9.17, 15) is 22.0 Å². The highest BCUT2D eigenvalue weighted by Gasteiger charge is 2.35. The van der Waals surface area contributed by atoms with Crippen LogP contribution in [-0.4, -0.2) is 43.5 Å². The van der Waals surface area contributed by atoms with Crippen LogP contribution in [0.1, 0.15) is 40.0 Å². The Kier molecular flexibility index (Phi) is 6.23. The SMILES string of the molecule is CC(C)(C)OC(=O)NCC1CCCCN1S(=O)(=O)c1cc(F)ccc1F. The predicted octanol–water partition coefficient (Wildman–Crippen LogP) is 3.03. The molecule has 1 unspecified atom stereocenters. The minimum atomic E-state index is -4.22. The van der Waals surface area contributed by atoms with Crippen molar-refractivity contribution >= 4 is 16.1 Å². The minimum absolute atomic E-state index is 0.0328. The number of sulfonamides is 1. The summed E-state index contributed by atoms with van der Waals surface area (Å²) in [4.78, 5) is 11.1. The number of piperidine rings is 1. The number of rotatable bonds is 4. The molecule has 1 fully saturated rings. The molecule has 0 aliphatic carbocycles. The van der Waals surface area contributed by atoms with Crippen LogP contribution in [-0.2, 0) is 14.8 Å². The van der Waals surface area contributed by atoms with Crippen LogP contribution in [0.2, 0.25) is 0 Å². The number of alkyl carbamates (subject to hydrolysis) is 1. The van der Waals surface area contributed by atoms with Gasteiger partial charge in [-0.3, -0.25) is 0 Å². The summed E-state index contributed by atoms with van der Waals surface area (Å²) in [6, 6.07) is 1.79. The zero-order valence-corrected chi connectivity index (χ0v) is 15.9. The molecule has 1 heterocycles. The number of carbonyl (C=O) groups is 1. The Hall–Kier alpha value is -1.74. The fourth-order valence-electron chi connectivity index (χ4n) is 2.81. The molecule has 0 bridgehead atoms. The van der Waals surface area contributed by atoms with Crippen molar-refractivity contribution in [3.05, 3.63) is 29.8 Å². The predicted molar refractivity (Wildman–Crippen MR) is 92.1 cm³/mol. The maximum atomic E-state index is 14.0. The van der Waals surface area contributed by atoms with Crippen LogP contribution in [0.15, 0.2) is 23.1 Å².